The second-order valence-corrected chi connectivity index (χ2v) is 6.91. The first-order valence-corrected chi connectivity index (χ1v) is 8.14. The molecule has 0 amide bonds. The highest BCUT2D eigenvalue weighted by Gasteiger charge is 2.15. The van der Waals surface area contributed by atoms with Crippen LogP contribution >= 0.6 is 23.2 Å². The molecule has 0 saturated carbocycles. The molecule has 0 radical (unpaired) electrons. The Balaban J connectivity index is 2.46. The van der Waals surface area contributed by atoms with E-state index in [1.54, 1.807) is 12.1 Å². The first kappa shape index (κ1) is 17.0. The fraction of sp³-hybridized carbons (Fsp3) is 0.333. The highest BCUT2D eigenvalue weighted by Crippen LogP contribution is 2.38. The zero-order valence-electron chi connectivity index (χ0n) is 13.2. The van der Waals surface area contributed by atoms with Crippen LogP contribution in [0.15, 0.2) is 30.3 Å². The first-order chi connectivity index (χ1) is 10.3. The normalized spacial score (nSPS) is 11.3. The van der Waals surface area contributed by atoms with E-state index in [1.807, 2.05) is 18.2 Å². The van der Waals surface area contributed by atoms with Crippen LogP contribution in [-0.2, 0) is 0 Å². The lowest BCUT2D eigenvalue weighted by Gasteiger charge is -2.18. The van der Waals surface area contributed by atoms with Gasteiger partial charge in [-0.2, -0.15) is 0 Å². The number of nitrogens with one attached hydrogen (secondary N) is 1. The number of aromatic hydroxyl groups is 1. The van der Waals surface area contributed by atoms with E-state index in [4.69, 9.17) is 23.2 Å². The Morgan fingerprint density at radius 3 is 1.91 bits per heavy atom. The van der Waals surface area contributed by atoms with Crippen molar-refractivity contribution in [1.82, 2.24) is 0 Å². The Bertz CT molecular complexity index is 652. The highest BCUT2D eigenvalue weighted by atomic mass is 35.5. The van der Waals surface area contributed by atoms with E-state index < -0.39 is 0 Å². The van der Waals surface area contributed by atoms with E-state index in [0.29, 0.717) is 15.8 Å². The number of phenols is 1. The lowest BCUT2D eigenvalue weighted by atomic mass is 9.93. The minimum absolute atomic E-state index is 0.236. The van der Waals surface area contributed by atoms with Crippen molar-refractivity contribution in [2.24, 2.45) is 0 Å². The lowest BCUT2D eigenvalue weighted by molar-refractivity contribution is 0.454. The molecule has 22 heavy (non-hydrogen) atoms. The molecule has 0 saturated heterocycles. The predicted octanol–water partition coefficient (Wildman–Crippen LogP) is 6.69. The summed E-state index contributed by atoms with van der Waals surface area (Å²) in [6, 6.07) is 9.29. The molecule has 2 rings (SSSR count). The molecule has 2 aromatic carbocycles. The van der Waals surface area contributed by atoms with Crippen molar-refractivity contribution in [3.8, 4) is 5.75 Å². The summed E-state index contributed by atoms with van der Waals surface area (Å²) in [5, 5.41) is 14.9. The van der Waals surface area contributed by atoms with Gasteiger partial charge in [0.25, 0.3) is 0 Å². The monoisotopic (exact) mass is 337 g/mol. The number of hydrogen-bond acceptors (Lipinski definition) is 2. The van der Waals surface area contributed by atoms with E-state index >= 15 is 0 Å². The van der Waals surface area contributed by atoms with E-state index in [-0.39, 0.29) is 11.8 Å². The van der Waals surface area contributed by atoms with Crippen molar-refractivity contribution >= 4 is 34.6 Å². The van der Waals surface area contributed by atoms with Crippen LogP contribution in [0.5, 0.6) is 5.75 Å². The van der Waals surface area contributed by atoms with Gasteiger partial charge in [-0.15, -0.1) is 0 Å². The summed E-state index contributed by atoms with van der Waals surface area (Å²) in [5.74, 6) is 0.859. The average Bonchev–Trinajstić information content (AvgIpc) is 2.42. The lowest BCUT2D eigenvalue weighted by Crippen LogP contribution is -1.99. The summed E-state index contributed by atoms with van der Waals surface area (Å²) in [6.45, 7) is 8.27. The van der Waals surface area contributed by atoms with E-state index in [2.05, 4.69) is 33.0 Å². The maximum atomic E-state index is 10.4. The summed E-state index contributed by atoms with van der Waals surface area (Å²) in [4.78, 5) is 0. The molecule has 0 unspecified atom stereocenters. The molecule has 0 aliphatic carbocycles. The van der Waals surface area contributed by atoms with Gasteiger partial charge in [0, 0.05) is 10.7 Å². The number of halogens is 2. The van der Waals surface area contributed by atoms with Crippen molar-refractivity contribution in [2.45, 2.75) is 39.5 Å². The second kappa shape index (κ2) is 6.80. The third-order valence-electron chi connectivity index (χ3n) is 3.62. The summed E-state index contributed by atoms with van der Waals surface area (Å²) in [6.07, 6.45) is 0. The van der Waals surface area contributed by atoms with Crippen LogP contribution in [0.1, 0.15) is 50.7 Å². The third kappa shape index (κ3) is 3.68. The van der Waals surface area contributed by atoms with Crippen LogP contribution in [0.2, 0.25) is 10.0 Å². The summed E-state index contributed by atoms with van der Waals surface area (Å²) in [7, 11) is 0. The number of phenolic OH excluding ortho intramolecular Hbond substituents is 1. The number of rotatable bonds is 4. The van der Waals surface area contributed by atoms with Gasteiger partial charge in [-0.1, -0.05) is 50.9 Å². The standard InChI is InChI=1S/C18H21Cl2NO/c1-10(2)14-8-13(9-15(11(3)4)18(14)22)21-17-6-5-12(19)7-16(17)20/h5-11,21-22H,1-4H3. The average molecular weight is 338 g/mol. The zero-order chi connectivity index (χ0) is 16.4. The third-order valence-corrected chi connectivity index (χ3v) is 4.17. The maximum Gasteiger partial charge on any atom is 0.122 e. The minimum Gasteiger partial charge on any atom is -0.507 e. The fourth-order valence-electron chi connectivity index (χ4n) is 2.38. The summed E-state index contributed by atoms with van der Waals surface area (Å²) in [5.41, 5.74) is 3.56. The Labute approximate surface area is 142 Å². The van der Waals surface area contributed by atoms with Gasteiger partial charge in [0.15, 0.2) is 0 Å². The topological polar surface area (TPSA) is 32.3 Å². The molecule has 2 aromatic rings. The number of benzene rings is 2. The molecule has 0 fully saturated rings. The Kier molecular flexibility index (Phi) is 5.25. The molecule has 2 N–H and O–H groups in total. The van der Waals surface area contributed by atoms with Crippen molar-refractivity contribution in [1.29, 1.82) is 0 Å². The van der Waals surface area contributed by atoms with Gasteiger partial charge < -0.3 is 10.4 Å². The zero-order valence-corrected chi connectivity index (χ0v) is 14.8. The van der Waals surface area contributed by atoms with Crippen LogP contribution in [0.25, 0.3) is 0 Å². The van der Waals surface area contributed by atoms with Crippen LogP contribution < -0.4 is 5.32 Å². The van der Waals surface area contributed by atoms with Gasteiger partial charge in [0.2, 0.25) is 0 Å². The van der Waals surface area contributed by atoms with Gasteiger partial charge in [-0.25, -0.2) is 0 Å². The van der Waals surface area contributed by atoms with Crippen molar-refractivity contribution < 1.29 is 5.11 Å². The van der Waals surface area contributed by atoms with Gasteiger partial charge >= 0.3 is 0 Å². The SMILES string of the molecule is CC(C)c1cc(Nc2ccc(Cl)cc2Cl)cc(C(C)C)c1O. The van der Waals surface area contributed by atoms with Gasteiger partial charge in [0.05, 0.1) is 10.7 Å². The summed E-state index contributed by atoms with van der Waals surface area (Å²) < 4.78 is 0. The van der Waals surface area contributed by atoms with Crippen LogP contribution in [0.4, 0.5) is 11.4 Å². The van der Waals surface area contributed by atoms with E-state index in [0.717, 1.165) is 22.5 Å². The molecule has 0 aliphatic heterocycles. The van der Waals surface area contributed by atoms with E-state index in [9.17, 15) is 5.11 Å². The minimum atomic E-state index is 0.236. The molecule has 2 nitrogen and oxygen atoms in total. The van der Waals surface area contributed by atoms with Crippen molar-refractivity contribution in [3.63, 3.8) is 0 Å². The van der Waals surface area contributed by atoms with Crippen molar-refractivity contribution in [3.05, 3.63) is 51.5 Å². The van der Waals surface area contributed by atoms with Crippen LogP contribution in [-0.4, -0.2) is 5.11 Å². The number of anilines is 2. The van der Waals surface area contributed by atoms with Crippen LogP contribution in [0, 0.1) is 0 Å². The van der Waals surface area contributed by atoms with Gasteiger partial charge in [0.1, 0.15) is 5.75 Å². The maximum absolute atomic E-state index is 10.4. The second-order valence-electron chi connectivity index (χ2n) is 6.06. The molecule has 0 aliphatic rings. The van der Waals surface area contributed by atoms with Crippen molar-refractivity contribution in [2.75, 3.05) is 5.32 Å². The quantitative estimate of drug-likeness (QED) is 0.609. The smallest absolute Gasteiger partial charge is 0.122 e. The van der Waals surface area contributed by atoms with Gasteiger partial charge in [-0.3, -0.25) is 0 Å². The Morgan fingerprint density at radius 1 is 0.909 bits per heavy atom. The molecular formula is C18H21Cl2NO. The highest BCUT2D eigenvalue weighted by molar-refractivity contribution is 6.36. The molecule has 4 heteroatoms. The first-order valence-electron chi connectivity index (χ1n) is 7.38. The van der Waals surface area contributed by atoms with E-state index in [1.165, 1.54) is 0 Å². The molecule has 0 aromatic heterocycles. The molecular weight excluding hydrogens is 317 g/mol. The molecule has 0 bridgehead atoms. The Hall–Kier alpha value is -1.38. The number of hydrogen-bond donors (Lipinski definition) is 2. The van der Waals surface area contributed by atoms with Gasteiger partial charge in [-0.05, 0) is 53.3 Å². The molecule has 0 atom stereocenters. The largest absolute Gasteiger partial charge is 0.507 e. The summed E-state index contributed by atoms with van der Waals surface area (Å²) >= 11 is 12.1. The predicted molar refractivity (Wildman–Crippen MR) is 96.0 cm³/mol. The fourth-order valence-corrected chi connectivity index (χ4v) is 2.83. The molecule has 0 heterocycles. The van der Waals surface area contributed by atoms with Crippen LogP contribution in [0.3, 0.4) is 0 Å². The molecule has 0 spiro atoms. The molecule has 118 valence electrons. The Morgan fingerprint density at radius 2 is 1.45 bits per heavy atom.